The Balaban J connectivity index is 1.43. The summed E-state index contributed by atoms with van der Waals surface area (Å²) in [6.07, 6.45) is 0.579. The van der Waals surface area contributed by atoms with Crippen LogP contribution >= 0.6 is 0 Å². The van der Waals surface area contributed by atoms with Crippen molar-refractivity contribution in [2.75, 3.05) is 27.8 Å². The second-order valence-corrected chi connectivity index (χ2v) is 14.5. The van der Waals surface area contributed by atoms with Crippen LogP contribution in [0.3, 0.4) is 0 Å². The van der Waals surface area contributed by atoms with E-state index in [1.165, 1.54) is 14.2 Å². The number of hydrogen-bond acceptors (Lipinski definition) is 11. The number of aryl methyl sites for hydroxylation is 1. The number of nitrogens with zero attached hydrogens (tertiary/aromatic N) is 3. The first-order valence-corrected chi connectivity index (χ1v) is 17.3. The molecule has 0 spiro atoms. The average Bonchev–Trinajstić information content (AvgIpc) is 3.09. The van der Waals surface area contributed by atoms with Crippen LogP contribution in [0.2, 0.25) is 0 Å². The minimum absolute atomic E-state index is 0.00751. The maximum absolute atomic E-state index is 14.1. The number of likely N-dealkylation sites (N-methyl/N-ethyl adjacent to an activating group) is 1. The van der Waals surface area contributed by atoms with E-state index in [2.05, 4.69) is 16.3 Å². The zero-order valence-electron chi connectivity index (χ0n) is 28.3. The lowest BCUT2D eigenvalue weighted by molar-refractivity contribution is -0.125. The Morgan fingerprint density at radius 2 is 1.84 bits per heavy atom. The zero-order chi connectivity index (χ0) is 35.5. The number of rotatable bonds is 7. The fourth-order valence-corrected chi connectivity index (χ4v) is 9.28. The molecular weight excluding hydrogens is 644 g/mol. The molecule has 2 aromatic carbocycles. The second-order valence-electron chi connectivity index (χ2n) is 13.0. The van der Waals surface area contributed by atoms with Crippen LogP contribution in [0.5, 0.6) is 11.5 Å². The Labute approximate surface area is 287 Å². The first-order valence-electron chi connectivity index (χ1n) is 16.1. The molecule has 13 heteroatoms. The third-order valence-corrected chi connectivity index (χ3v) is 12.1. The standard InChI is InChI=1S/C36H40N6O6S/c1-17-12-20-13-23-25(15-37)42-24(29(41(23)4)27(20)31(44)33(17)47-5)14-22-28(32(45)34(48-6)18(2)30(22)43)26(42)16-40-36(46)19(3)35(38)49(39)21-10-8-7-9-11-21/h7-12,19,23-26,29,38-39,44H,13-14,16H2,1-6H3,(H,40,46)/t19?,23?,24?,25-,26-,29-,49?/m0/s1. The molecule has 2 bridgehead atoms. The summed E-state index contributed by atoms with van der Waals surface area (Å²) in [7, 11) is 3.38. The molecule has 1 fully saturated rings. The van der Waals surface area contributed by atoms with Crippen LogP contribution in [0, 0.1) is 34.4 Å². The number of aromatic hydroxyl groups is 1. The van der Waals surface area contributed by atoms with Crippen LogP contribution < -0.4 is 10.1 Å². The number of hydrogen-bond donors (Lipinski definition) is 4. The third kappa shape index (κ3) is 5.29. The first kappa shape index (κ1) is 34.2. The highest BCUT2D eigenvalue weighted by Gasteiger charge is 2.58. The summed E-state index contributed by atoms with van der Waals surface area (Å²) in [5.74, 6) is -1.97. The van der Waals surface area contributed by atoms with Crippen molar-refractivity contribution in [1.82, 2.24) is 15.1 Å². The summed E-state index contributed by atoms with van der Waals surface area (Å²) >= 11 is 0. The number of amides is 1. The lowest BCUT2D eigenvalue weighted by atomic mass is 9.69. The van der Waals surface area contributed by atoms with Crippen LogP contribution in [-0.4, -0.2) is 89.4 Å². The molecule has 0 aromatic heterocycles. The second kappa shape index (κ2) is 13.0. The fraction of sp³-hybridized carbons (Fsp3) is 0.417. The van der Waals surface area contributed by atoms with Crippen molar-refractivity contribution >= 4 is 33.2 Å². The van der Waals surface area contributed by atoms with Crippen LogP contribution in [0.15, 0.2) is 63.8 Å². The number of phenols is 1. The van der Waals surface area contributed by atoms with E-state index in [0.29, 0.717) is 28.2 Å². The van der Waals surface area contributed by atoms with E-state index in [0.717, 1.165) is 11.1 Å². The number of carbonyl (C=O) groups excluding carboxylic acids is 3. The molecule has 2 aromatic rings. The van der Waals surface area contributed by atoms with Crippen LogP contribution in [0.1, 0.15) is 43.0 Å². The third-order valence-electron chi connectivity index (χ3n) is 10.5. The predicted octanol–water partition coefficient (Wildman–Crippen LogP) is 3.49. The molecule has 3 heterocycles. The number of allylic oxidation sites excluding steroid dienone is 2. The summed E-state index contributed by atoms with van der Waals surface area (Å²) in [5, 5.41) is 33.9. The number of ketones is 2. The van der Waals surface area contributed by atoms with Gasteiger partial charge in [0.25, 0.3) is 0 Å². The lowest BCUT2D eigenvalue weighted by Gasteiger charge is -2.60. The van der Waals surface area contributed by atoms with Gasteiger partial charge < -0.3 is 19.9 Å². The molecule has 0 radical (unpaired) electrons. The lowest BCUT2D eigenvalue weighted by Crippen LogP contribution is -2.71. The number of benzene rings is 2. The monoisotopic (exact) mass is 684 g/mol. The largest absolute Gasteiger partial charge is 0.504 e. The highest BCUT2D eigenvalue weighted by molar-refractivity contribution is 8.01. The maximum atomic E-state index is 14.1. The van der Waals surface area contributed by atoms with Crippen molar-refractivity contribution in [3.05, 3.63) is 75.6 Å². The number of carbonyl (C=O) groups is 3. The summed E-state index contributed by atoms with van der Waals surface area (Å²) in [5.41, 5.74) is 3.00. The molecule has 4 unspecified atom stereocenters. The smallest absolute Gasteiger partial charge is 0.229 e. The fourth-order valence-electron chi connectivity index (χ4n) is 8.14. The van der Waals surface area contributed by atoms with E-state index < -0.39 is 52.5 Å². The van der Waals surface area contributed by atoms with Crippen molar-refractivity contribution in [3.63, 3.8) is 0 Å². The quantitative estimate of drug-likeness (QED) is 0.193. The minimum atomic E-state index is -1.36. The number of nitrogens with one attached hydrogen (secondary N) is 3. The van der Waals surface area contributed by atoms with E-state index in [1.807, 2.05) is 31.0 Å². The van der Waals surface area contributed by atoms with E-state index in [9.17, 15) is 24.8 Å². The summed E-state index contributed by atoms with van der Waals surface area (Å²) in [6.45, 7) is 4.85. The van der Waals surface area contributed by atoms with Gasteiger partial charge in [0.2, 0.25) is 11.7 Å². The Hall–Kier alpha value is -4.64. The Morgan fingerprint density at radius 3 is 2.47 bits per heavy atom. The van der Waals surface area contributed by atoms with Crippen molar-refractivity contribution in [1.29, 1.82) is 15.5 Å². The molecule has 49 heavy (non-hydrogen) atoms. The van der Waals surface area contributed by atoms with Gasteiger partial charge in [0.1, 0.15) is 6.04 Å². The van der Waals surface area contributed by atoms with Gasteiger partial charge in [0, 0.05) is 45.8 Å². The Kier molecular flexibility index (Phi) is 9.08. The highest BCUT2D eigenvalue weighted by Crippen LogP contribution is 2.53. The molecule has 4 N–H and O–H groups in total. The molecule has 256 valence electrons. The molecule has 6 rings (SSSR count). The van der Waals surface area contributed by atoms with Gasteiger partial charge in [0.05, 0.1) is 43.3 Å². The van der Waals surface area contributed by atoms with Crippen molar-refractivity contribution < 1.29 is 29.0 Å². The van der Waals surface area contributed by atoms with Crippen LogP contribution in [-0.2, 0) is 36.2 Å². The summed E-state index contributed by atoms with van der Waals surface area (Å²) in [6, 6.07) is 10.4. The van der Waals surface area contributed by atoms with Crippen molar-refractivity contribution in [3.8, 4) is 17.6 Å². The molecule has 1 aliphatic carbocycles. The van der Waals surface area contributed by atoms with E-state index >= 15 is 0 Å². The summed E-state index contributed by atoms with van der Waals surface area (Å²) < 4.78 is 19.6. The number of phenolic OH excluding ortho intramolecular Hbond substituents is 1. The molecule has 1 saturated heterocycles. The normalized spacial score (nSPS) is 26.2. The maximum Gasteiger partial charge on any atom is 0.229 e. The highest BCUT2D eigenvalue weighted by atomic mass is 32.2. The van der Waals surface area contributed by atoms with Gasteiger partial charge >= 0.3 is 0 Å². The number of ether oxygens (including phenoxy) is 2. The molecule has 4 aliphatic rings. The Bertz CT molecular complexity index is 1920. The van der Waals surface area contributed by atoms with E-state index in [4.69, 9.17) is 19.7 Å². The van der Waals surface area contributed by atoms with Crippen LogP contribution in [0.25, 0.3) is 0 Å². The molecule has 12 nitrogen and oxygen atoms in total. The van der Waals surface area contributed by atoms with Crippen LogP contribution in [0.4, 0.5) is 0 Å². The van der Waals surface area contributed by atoms with Gasteiger partial charge in [-0.15, -0.1) is 0 Å². The van der Waals surface area contributed by atoms with Gasteiger partial charge in [-0.05, 0) is 74.6 Å². The molecule has 3 aliphatic heterocycles. The minimum Gasteiger partial charge on any atom is -0.504 e. The van der Waals surface area contributed by atoms with Gasteiger partial charge in [-0.2, -0.15) is 5.26 Å². The molecular formula is C36H40N6O6S. The number of nitriles is 1. The molecule has 1 amide bonds. The average molecular weight is 685 g/mol. The number of methoxy groups -OCH3 is 2. The Morgan fingerprint density at radius 1 is 1.14 bits per heavy atom. The SMILES string of the molecule is COC1=C(C)C(=O)C2=C(C1=O)[C@H](CNC(=O)C(C)C(=N)S(=N)c1ccccc1)N1C(C2)[C@H]2c3c(cc(C)c(OC)c3O)CC([C@@H]1C#N)N2C. The topological polar surface area (TPSA) is 180 Å². The van der Waals surface area contributed by atoms with Crippen molar-refractivity contribution in [2.24, 2.45) is 5.92 Å². The molecule has 7 atom stereocenters. The zero-order valence-corrected chi connectivity index (χ0v) is 29.1. The van der Waals surface area contributed by atoms with E-state index in [1.54, 1.807) is 38.1 Å². The van der Waals surface area contributed by atoms with Gasteiger partial charge in [-0.25, -0.2) is 0 Å². The van der Waals surface area contributed by atoms with E-state index in [-0.39, 0.29) is 52.5 Å². The number of Topliss-reactive ketones (excluding diaryl/α,β-unsaturated/α-hetero) is 2. The van der Waals surface area contributed by atoms with Gasteiger partial charge in [-0.1, -0.05) is 24.3 Å². The van der Waals surface area contributed by atoms with Crippen molar-refractivity contribution in [2.45, 2.75) is 68.7 Å². The number of fused-ring (bicyclic) bond motifs is 6. The van der Waals surface area contributed by atoms with Gasteiger partial charge in [0.15, 0.2) is 23.0 Å². The predicted molar refractivity (Wildman–Crippen MR) is 182 cm³/mol. The summed E-state index contributed by atoms with van der Waals surface area (Å²) in [4.78, 5) is 46.3. The number of piperazine rings is 1. The molecule has 0 saturated carbocycles. The van der Waals surface area contributed by atoms with Gasteiger partial charge in [-0.3, -0.25) is 34.4 Å². The first-order chi connectivity index (χ1) is 23.4.